The van der Waals surface area contributed by atoms with Gasteiger partial charge < -0.3 is 29.6 Å². The van der Waals surface area contributed by atoms with Gasteiger partial charge in [-0.3, -0.25) is 4.99 Å². The van der Waals surface area contributed by atoms with Crippen LogP contribution in [0.1, 0.15) is 38.7 Å². The summed E-state index contributed by atoms with van der Waals surface area (Å²) in [7, 11) is 1.80. The van der Waals surface area contributed by atoms with Gasteiger partial charge in [-0.1, -0.05) is 19.9 Å². The summed E-state index contributed by atoms with van der Waals surface area (Å²) in [5.74, 6) is 3.11. The first kappa shape index (κ1) is 21.7. The molecule has 1 aromatic rings. The van der Waals surface area contributed by atoms with E-state index in [4.69, 9.17) is 18.9 Å². The summed E-state index contributed by atoms with van der Waals surface area (Å²) < 4.78 is 22.4. The zero-order chi connectivity index (χ0) is 20.5. The number of guanidine groups is 1. The van der Waals surface area contributed by atoms with E-state index in [9.17, 15) is 0 Å². The molecule has 3 rings (SSSR count). The maximum absolute atomic E-state index is 5.68. The molecule has 1 aromatic carbocycles. The number of aliphatic imine (C=N–C) groups is 1. The summed E-state index contributed by atoms with van der Waals surface area (Å²) in [4.78, 5) is 4.36. The second-order valence-electron chi connectivity index (χ2n) is 8.11. The quantitative estimate of drug-likeness (QED) is 0.374. The smallest absolute Gasteiger partial charge is 0.231 e. The van der Waals surface area contributed by atoms with Crippen LogP contribution in [0.25, 0.3) is 0 Å². The molecule has 0 radical (unpaired) electrons. The highest BCUT2D eigenvalue weighted by Gasteiger charge is 2.35. The van der Waals surface area contributed by atoms with Crippen LogP contribution in [0.2, 0.25) is 0 Å². The minimum atomic E-state index is -0.0232. The fraction of sp³-hybridized carbons (Fsp3) is 0.682. The van der Waals surface area contributed by atoms with E-state index in [1.165, 1.54) is 5.56 Å². The molecule has 0 bridgehead atoms. The highest BCUT2D eigenvalue weighted by molar-refractivity contribution is 5.79. The van der Waals surface area contributed by atoms with Crippen molar-refractivity contribution in [3.05, 3.63) is 23.8 Å². The number of hydrogen-bond acceptors (Lipinski definition) is 5. The highest BCUT2D eigenvalue weighted by atomic mass is 16.7. The molecule has 0 saturated carbocycles. The van der Waals surface area contributed by atoms with Gasteiger partial charge in [0, 0.05) is 45.4 Å². The third-order valence-electron chi connectivity index (χ3n) is 5.63. The zero-order valence-corrected chi connectivity index (χ0v) is 18.0. The van der Waals surface area contributed by atoms with Gasteiger partial charge in [0.1, 0.15) is 0 Å². The Balaban J connectivity index is 1.54. The van der Waals surface area contributed by atoms with Gasteiger partial charge >= 0.3 is 0 Å². The van der Waals surface area contributed by atoms with Crippen LogP contribution in [-0.4, -0.2) is 59.3 Å². The van der Waals surface area contributed by atoms with Gasteiger partial charge in [-0.15, -0.1) is 0 Å². The summed E-state index contributed by atoms with van der Waals surface area (Å²) in [5, 5.41) is 6.86. The Morgan fingerprint density at radius 1 is 1.14 bits per heavy atom. The van der Waals surface area contributed by atoms with E-state index in [-0.39, 0.29) is 5.41 Å². The number of benzene rings is 1. The van der Waals surface area contributed by atoms with Crippen molar-refractivity contribution in [1.82, 2.24) is 10.6 Å². The van der Waals surface area contributed by atoms with E-state index >= 15 is 0 Å². The van der Waals surface area contributed by atoms with Gasteiger partial charge in [-0.05, 0) is 42.9 Å². The van der Waals surface area contributed by atoms with Crippen LogP contribution in [0.15, 0.2) is 23.2 Å². The monoisotopic (exact) mass is 405 g/mol. The minimum Gasteiger partial charge on any atom is -0.454 e. The van der Waals surface area contributed by atoms with Crippen molar-refractivity contribution in [2.75, 3.05) is 53.4 Å². The van der Waals surface area contributed by atoms with Crippen molar-refractivity contribution in [2.24, 2.45) is 10.9 Å². The van der Waals surface area contributed by atoms with E-state index in [2.05, 4.69) is 41.6 Å². The molecule has 2 aliphatic rings. The molecular formula is C22H35N3O4. The van der Waals surface area contributed by atoms with E-state index in [0.717, 1.165) is 69.6 Å². The molecule has 1 saturated heterocycles. The lowest BCUT2D eigenvalue weighted by Gasteiger charge is -2.38. The van der Waals surface area contributed by atoms with Gasteiger partial charge in [-0.2, -0.15) is 0 Å². The second kappa shape index (κ2) is 10.7. The Kier molecular flexibility index (Phi) is 8.00. The van der Waals surface area contributed by atoms with E-state index in [1.54, 1.807) is 7.05 Å². The van der Waals surface area contributed by atoms with Crippen molar-refractivity contribution >= 4 is 5.96 Å². The standard InChI is InChI=1S/C22H35N3O4/c1-17(2)6-10-26-13-9-24-21(23-3)25-15-22(7-11-27-12-8-22)18-4-5-19-20(14-18)29-16-28-19/h4-5,14,17H,6-13,15-16H2,1-3H3,(H2,23,24,25). The molecule has 1 fully saturated rings. The van der Waals surface area contributed by atoms with Gasteiger partial charge in [0.25, 0.3) is 0 Å². The summed E-state index contributed by atoms with van der Waals surface area (Å²) in [5.41, 5.74) is 1.23. The largest absolute Gasteiger partial charge is 0.454 e. The van der Waals surface area contributed by atoms with E-state index < -0.39 is 0 Å². The summed E-state index contributed by atoms with van der Waals surface area (Å²) in [6, 6.07) is 6.28. The maximum atomic E-state index is 5.68. The first-order chi connectivity index (χ1) is 14.1. The van der Waals surface area contributed by atoms with Crippen LogP contribution in [0.4, 0.5) is 0 Å². The van der Waals surface area contributed by atoms with Crippen molar-refractivity contribution < 1.29 is 18.9 Å². The number of ether oxygens (including phenoxy) is 4. The molecule has 7 nitrogen and oxygen atoms in total. The van der Waals surface area contributed by atoms with Gasteiger partial charge in [-0.25, -0.2) is 0 Å². The lowest BCUT2D eigenvalue weighted by molar-refractivity contribution is 0.0513. The molecule has 0 aliphatic carbocycles. The Bertz CT molecular complexity index is 672. The Morgan fingerprint density at radius 2 is 1.93 bits per heavy atom. The fourth-order valence-electron chi connectivity index (χ4n) is 3.69. The molecule has 0 spiro atoms. The SMILES string of the molecule is CN=C(NCCOCCC(C)C)NCC1(c2ccc3c(c2)OCO3)CCOCC1. The van der Waals surface area contributed by atoms with E-state index in [0.29, 0.717) is 19.3 Å². The first-order valence-electron chi connectivity index (χ1n) is 10.6. The molecule has 7 heteroatoms. The molecule has 0 atom stereocenters. The number of rotatable bonds is 9. The Hall–Kier alpha value is -1.99. The van der Waals surface area contributed by atoms with Crippen LogP contribution in [0.3, 0.4) is 0 Å². The lowest BCUT2D eigenvalue weighted by atomic mass is 9.74. The van der Waals surface area contributed by atoms with Crippen LogP contribution in [0, 0.1) is 5.92 Å². The number of nitrogens with zero attached hydrogens (tertiary/aromatic N) is 1. The van der Waals surface area contributed by atoms with Crippen LogP contribution < -0.4 is 20.1 Å². The predicted molar refractivity (Wildman–Crippen MR) is 114 cm³/mol. The third-order valence-corrected chi connectivity index (χ3v) is 5.63. The minimum absolute atomic E-state index is 0.0232. The Labute approximate surface area is 174 Å². The van der Waals surface area contributed by atoms with Crippen molar-refractivity contribution in [1.29, 1.82) is 0 Å². The molecule has 2 aliphatic heterocycles. The third kappa shape index (κ3) is 6.00. The molecule has 0 amide bonds. The highest BCUT2D eigenvalue weighted by Crippen LogP contribution is 2.40. The average Bonchev–Trinajstić information content (AvgIpc) is 3.21. The summed E-state index contributed by atoms with van der Waals surface area (Å²) >= 11 is 0. The number of nitrogens with one attached hydrogen (secondary N) is 2. The topological polar surface area (TPSA) is 73.3 Å². The Morgan fingerprint density at radius 3 is 2.69 bits per heavy atom. The van der Waals surface area contributed by atoms with Crippen LogP contribution >= 0.6 is 0 Å². The molecule has 2 N–H and O–H groups in total. The molecule has 29 heavy (non-hydrogen) atoms. The predicted octanol–water partition coefficient (Wildman–Crippen LogP) is 2.69. The number of hydrogen-bond donors (Lipinski definition) is 2. The number of fused-ring (bicyclic) bond motifs is 1. The van der Waals surface area contributed by atoms with Gasteiger partial charge in [0.05, 0.1) is 6.61 Å². The van der Waals surface area contributed by atoms with Crippen molar-refractivity contribution in [3.63, 3.8) is 0 Å². The van der Waals surface area contributed by atoms with Gasteiger partial charge in [0.2, 0.25) is 6.79 Å². The summed E-state index contributed by atoms with van der Waals surface area (Å²) in [6.45, 7) is 9.22. The van der Waals surface area contributed by atoms with Crippen LogP contribution in [0.5, 0.6) is 11.5 Å². The molecule has 162 valence electrons. The zero-order valence-electron chi connectivity index (χ0n) is 18.0. The van der Waals surface area contributed by atoms with Crippen molar-refractivity contribution in [2.45, 2.75) is 38.5 Å². The fourth-order valence-corrected chi connectivity index (χ4v) is 3.69. The normalized spacial score (nSPS) is 18.1. The molecule has 0 unspecified atom stereocenters. The van der Waals surface area contributed by atoms with E-state index in [1.807, 2.05) is 6.07 Å². The van der Waals surface area contributed by atoms with Crippen LogP contribution in [-0.2, 0) is 14.9 Å². The van der Waals surface area contributed by atoms with Crippen molar-refractivity contribution in [3.8, 4) is 11.5 Å². The lowest BCUT2D eigenvalue weighted by Crippen LogP contribution is -2.48. The molecule has 2 heterocycles. The molecular weight excluding hydrogens is 370 g/mol. The summed E-state index contributed by atoms with van der Waals surface area (Å²) in [6.07, 6.45) is 3.00. The molecule has 0 aromatic heterocycles. The average molecular weight is 406 g/mol. The second-order valence-corrected chi connectivity index (χ2v) is 8.11. The first-order valence-corrected chi connectivity index (χ1v) is 10.6. The maximum Gasteiger partial charge on any atom is 0.231 e. The van der Waals surface area contributed by atoms with Gasteiger partial charge in [0.15, 0.2) is 17.5 Å².